The second-order valence-electron chi connectivity index (χ2n) is 6.27. The lowest BCUT2D eigenvalue weighted by Gasteiger charge is -2.23. The predicted molar refractivity (Wildman–Crippen MR) is 98.7 cm³/mol. The van der Waals surface area contributed by atoms with Gasteiger partial charge in [0.1, 0.15) is 18.1 Å². The van der Waals surface area contributed by atoms with E-state index in [1.54, 1.807) is 12.1 Å². The Morgan fingerprint density at radius 2 is 1.84 bits per heavy atom. The average molecular weight is 359 g/mol. The standard InChI is InChI=1S/C19H22N2O3S/c1-13-14(2)25-19(17(13)18(23)15-6-4-3-5-7-15)20-16(22)12-21-8-10-24-11-9-21/h3-7H,8-12H2,1-2H3,(H,20,22)/p+1. The molecule has 0 spiro atoms. The fourth-order valence-electron chi connectivity index (χ4n) is 2.96. The van der Waals surface area contributed by atoms with Crippen LogP contribution in [0, 0.1) is 13.8 Å². The van der Waals surface area contributed by atoms with Crippen molar-refractivity contribution < 1.29 is 19.2 Å². The lowest BCUT2D eigenvalue weighted by Crippen LogP contribution is -3.15. The van der Waals surface area contributed by atoms with Crippen molar-refractivity contribution in [1.82, 2.24) is 0 Å². The van der Waals surface area contributed by atoms with Crippen LogP contribution in [0.1, 0.15) is 26.4 Å². The number of benzene rings is 1. The number of rotatable bonds is 5. The number of ether oxygens (including phenoxy) is 1. The number of hydrogen-bond acceptors (Lipinski definition) is 4. The Hall–Kier alpha value is -2.02. The van der Waals surface area contributed by atoms with Gasteiger partial charge in [-0.1, -0.05) is 30.3 Å². The fourth-order valence-corrected chi connectivity index (χ4v) is 4.03. The van der Waals surface area contributed by atoms with E-state index in [1.165, 1.54) is 16.2 Å². The molecule has 0 aliphatic carbocycles. The molecule has 0 saturated carbocycles. The molecule has 1 fully saturated rings. The summed E-state index contributed by atoms with van der Waals surface area (Å²) in [6, 6.07) is 9.19. The second kappa shape index (κ2) is 7.91. The monoisotopic (exact) mass is 359 g/mol. The zero-order chi connectivity index (χ0) is 17.8. The van der Waals surface area contributed by atoms with Crippen LogP contribution in [0.5, 0.6) is 0 Å². The summed E-state index contributed by atoms with van der Waals surface area (Å²) in [6.07, 6.45) is 0. The van der Waals surface area contributed by atoms with Crippen LogP contribution in [0.2, 0.25) is 0 Å². The molecule has 3 rings (SSSR count). The third kappa shape index (κ3) is 4.15. The number of ketones is 1. The quantitative estimate of drug-likeness (QED) is 0.795. The van der Waals surface area contributed by atoms with Gasteiger partial charge in [0.2, 0.25) is 0 Å². The maximum Gasteiger partial charge on any atom is 0.280 e. The molecule has 1 amide bonds. The number of amides is 1. The van der Waals surface area contributed by atoms with Gasteiger partial charge in [0.05, 0.1) is 18.8 Å². The molecule has 0 unspecified atom stereocenters. The molecule has 2 heterocycles. The van der Waals surface area contributed by atoms with E-state index in [9.17, 15) is 9.59 Å². The first-order valence-corrected chi connectivity index (χ1v) is 9.29. The van der Waals surface area contributed by atoms with Crippen LogP contribution in [0.3, 0.4) is 0 Å². The lowest BCUT2D eigenvalue weighted by molar-refractivity contribution is -0.899. The van der Waals surface area contributed by atoms with Gasteiger partial charge in [-0.05, 0) is 19.4 Å². The van der Waals surface area contributed by atoms with Gasteiger partial charge in [0.15, 0.2) is 12.3 Å². The van der Waals surface area contributed by atoms with Crippen molar-refractivity contribution >= 4 is 28.0 Å². The van der Waals surface area contributed by atoms with Gasteiger partial charge in [0, 0.05) is 10.4 Å². The van der Waals surface area contributed by atoms with Crippen LogP contribution < -0.4 is 10.2 Å². The van der Waals surface area contributed by atoms with Gasteiger partial charge in [-0.2, -0.15) is 0 Å². The normalized spacial score (nSPS) is 15.1. The van der Waals surface area contributed by atoms with Crippen LogP contribution in [0.25, 0.3) is 0 Å². The Morgan fingerprint density at radius 3 is 2.52 bits per heavy atom. The van der Waals surface area contributed by atoms with Gasteiger partial charge < -0.3 is 15.0 Å². The molecule has 0 bridgehead atoms. The minimum Gasteiger partial charge on any atom is -0.370 e. The third-order valence-corrected chi connectivity index (χ3v) is 5.63. The number of nitrogens with one attached hydrogen (secondary N) is 2. The van der Waals surface area contributed by atoms with Gasteiger partial charge in [-0.3, -0.25) is 9.59 Å². The summed E-state index contributed by atoms with van der Waals surface area (Å²) in [5, 5.41) is 3.62. The van der Waals surface area contributed by atoms with Crippen LogP contribution in [0.4, 0.5) is 5.00 Å². The van der Waals surface area contributed by atoms with Gasteiger partial charge >= 0.3 is 0 Å². The van der Waals surface area contributed by atoms with E-state index >= 15 is 0 Å². The van der Waals surface area contributed by atoms with E-state index in [4.69, 9.17) is 4.74 Å². The first-order chi connectivity index (χ1) is 12.1. The maximum absolute atomic E-state index is 12.9. The predicted octanol–water partition coefficient (Wildman–Crippen LogP) is 1.45. The third-order valence-electron chi connectivity index (χ3n) is 4.51. The SMILES string of the molecule is Cc1sc(NC(=O)C[NH+]2CCOCC2)c(C(=O)c2ccccc2)c1C. The maximum atomic E-state index is 12.9. The number of thiophene rings is 1. The van der Waals surface area contributed by atoms with E-state index in [1.807, 2.05) is 32.0 Å². The summed E-state index contributed by atoms with van der Waals surface area (Å²) in [5.74, 6) is -0.100. The molecule has 132 valence electrons. The molecule has 5 nitrogen and oxygen atoms in total. The Labute approximate surface area is 151 Å². The molecular formula is C19H23N2O3S+. The Kier molecular flexibility index (Phi) is 5.63. The highest BCUT2D eigenvalue weighted by Crippen LogP contribution is 2.34. The summed E-state index contributed by atoms with van der Waals surface area (Å²) in [7, 11) is 0. The molecule has 1 aliphatic rings. The van der Waals surface area contributed by atoms with E-state index in [0.717, 1.165) is 23.5 Å². The molecule has 2 N–H and O–H groups in total. The van der Waals surface area contributed by atoms with Crippen LogP contribution in [-0.4, -0.2) is 44.5 Å². The number of aryl methyl sites for hydroxylation is 1. The summed E-state index contributed by atoms with van der Waals surface area (Å²) >= 11 is 1.47. The number of hydrogen-bond donors (Lipinski definition) is 2. The van der Waals surface area contributed by atoms with Gasteiger partial charge in [-0.15, -0.1) is 11.3 Å². The van der Waals surface area contributed by atoms with E-state index in [0.29, 0.717) is 35.9 Å². The molecule has 6 heteroatoms. The highest BCUT2D eigenvalue weighted by Gasteiger charge is 2.24. The fraction of sp³-hybridized carbons (Fsp3) is 0.368. The number of carbonyl (C=O) groups is 2. The second-order valence-corrected chi connectivity index (χ2v) is 7.49. The minimum absolute atomic E-state index is 0.0449. The molecule has 1 aromatic carbocycles. The van der Waals surface area contributed by atoms with Crippen molar-refractivity contribution in [2.75, 3.05) is 38.2 Å². The highest BCUT2D eigenvalue weighted by molar-refractivity contribution is 7.16. The van der Waals surface area contributed by atoms with Crippen molar-refractivity contribution in [3.8, 4) is 0 Å². The smallest absolute Gasteiger partial charge is 0.280 e. The molecule has 1 aliphatic heterocycles. The largest absolute Gasteiger partial charge is 0.370 e. The molecule has 0 atom stereocenters. The zero-order valence-electron chi connectivity index (χ0n) is 14.6. The van der Waals surface area contributed by atoms with Crippen molar-refractivity contribution in [2.24, 2.45) is 0 Å². The average Bonchev–Trinajstić information content (AvgIpc) is 2.89. The Balaban J connectivity index is 1.78. The summed E-state index contributed by atoms with van der Waals surface area (Å²) in [6.45, 7) is 7.38. The topological polar surface area (TPSA) is 59.8 Å². The Bertz CT molecular complexity index is 764. The van der Waals surface area contributed by atoms with Crippen molar-refractivity contribution in [3.63, 3.8) is 0 Å². The van der Waals surface area contributed by atoms with Crippen LogP contribution >= 0.6 is 11.3 Å². The van der Waals surface area contributed by atoms with Crippen LogP contribution in [-0.2, 0) is 9.53 Å². The van der Waals surface area contributed by atoms with Crippen molar-refractivity contribution in [1.29, 1.82) is 0 Å². The zero-order valence-corrected chi connectivity index (χ0v) is 15.4. The highest BCUT2D eigenvalue weighted by atomic mass is 32.1. The van der Waals surface area contributed by atoms with E-state index in [2.05, 4.69) is 5.32 Å². The number of anilines is 1. The minimum atomic E-state index is -0.0553. The number of quaternary nitrogens is 1. The molecule has 2 aromatic rings. The molecule has 1 saturated heterocycles. The molecule has 0 radical (unpaired) electrons. The first kappa shape index (κ1) is 17.8. The summed E-state index contributed by atoms with van der Waals surface area (Å²) in [5.41, 5.74) is 2.18. The molecular weight excluding hydrogens is 336 g/mol. The Morgan fingerprint density at radius 1 is 1.16 bits per heavy atom. The van der Waals surface area contributed by atoms with Crippen LogP contribution in [0.15, 0.2) is 30.3 Å². The summed E-state index contributed by atoms with van der Waals surface area (Å²) < 4.78 is 5.32. The van der Waals surface area contributed by atoms with Crippen molar-refractivity contribution in [2.45, 2.75) is 13.8 Å². The number of carbonyl (C=O) groups excluding carboxylic acids is 2. The molecule has 25 heavy (non-hydrogen) atoms. The van der Waals surface area contributed by atoms with E-state index < -0.39 is 0 Å². The molecule has 1 aromatic heterocycles. The first-order valence-electron chi connectivity index (χ1n) is 8.47. The van der Waals surface area contributed by atoms with Gasteiger partial charge in [0.25, 0.3) is 5.91 Å². The van der Waals surface area contributed by atoms with Gasteiger partial charge in [-0.25, -0.2) is 0 Å². The summed E-state index contributed by atoms with van der Waals surface area (Å²) in [4.78, 5) is 27.6. The van der Waals surface area contributed by atoms with Crippen molar-refractivity contribution in [3.05, 3.63) is 51.9 Å². The lowest BCUT2D eigenvalue weighted by atomic mass is 10.0. The number of morpholine rings is 1. The van der Waals surface area contributed by atoms with E-state index in [-0.39, 0.29) is 11.7 Å².